The van der Waals surface area contributed by atoms with Crippen LogP contribution in [0.2, 0.25) is 0 Å². The first-order valence-electron chi connectivity index (χ1n) is 12.3. The number of carbonyl (C=O) groups is 3. The second-order valence-electron chi connectivity index (χ2n) is 9.58. The van der Waals surface area contributed by atoms with Gasteiger partial charge in [-0.3, -0.25) is 9.59 Å². The van der Waals surface area contributed by atoms with Crippen molar-refractivity contribution in [2.45, 2.75) is 71.6 Å². The Hall–Kier alpha value is -2.61. The Labute approximate surface area is 197 Å². The molecule has 8 heteroatoms. The second-order valence-corrected chi connectivity index (χ2v) is 9.58. The minimum absolute atomic E-state index is 0.0130. The first-order chi connectivity index (χ1) is 15.8. The van der Waals surface area contributed by atoms with Crippen molar-refractivity contribution in [3.8, 4) is 0 Å². The molecule has 2 atom stereocenters. The number of nitrogens with zero attached hydrogens (tertiary/aromatic N) is 4. The third kappa shape index (κ3) is 6.05. The number of urea groups is 1. The summed E-state index contributed by atoms with van der Waals surface area (Å²) in [5.41, 5.74) is 1.01. The maximum Gasteiger partial charge on any atom is 0.334 e. The van der Waals surface area contributed by atoms with Gasteiger partial charge in [0.25, 0.3) is 0 Å². The van der Waals surface area contributed by atoms with Crippen LogP contribution in [0.4, 0.5) is 4.79 Å². The molecule has 1 N–H and O–H groups in total. The van der Waals surface area contributed by atoms with Crippen molar-refractivity contribution in [3.63, 3.8) is 0 Å². The van der Waals surface area contributed by atoms with E-state index in [0.717, 1.165) is 31.2 Å². The van der Waals surface area contributed by atoms with E-state index in [2.05, 4.69) is 26.1 Å². The van der Waals surface area contributed by atoms with Crippen LogP contribution < -0.4 is 5.32 Å². The van der Waals surface area contributed by atoms with Gasteiger partial charge in [0, 0.05) is 20.1 Å². The molecule has 2 fully saturated rings. The van der Waals surface area contributed by atoms with Crippen molar-refractivity contribution in [3.05, 3.63) is 35.9 Å². The van der Waals surface area contributed by atoms with Crippen LogP contribution in [-0.4, -0.2) is 76.6 Å². The predicted molar refractivity (Wildman–Crippen MR) is 128 cm³/mol. The number of hydrogen-bond acceptors (Lipinski definition) is 4. The van der Waals surface area contributed by atoms with Crippen LogP contribution >= 0.6 is 0 Å². The molecule has 1 aromatic rings. The molecule has 0 saturated carbocycles. The van der Waals surface area contributed by atoms with Crippen molar-refractivity contribution in [1.29, 1.82) is 0 Å². The van der Waals surface area contributed by atoms with Crippen molar-refractivity contribution in [2.75, 3.05) is 26.7 Å². The molecule has 2 aliphatic heterocycles. The van der Waals surface area contributed by atoms with E-state index in [1.165, 1.54) is 0 Å². The lowest BCUT2D eigenvalue weighted by Crippen LogP contribution is -2.76. The molecule has 8 nitrogen and oxygen atoms in total. The molecule has 2 aliphatic rings. The Kier molecular flexibility index (Phi) is 8.72. The minimum Gasteiger partial charge on any atom is -0.337 e. The third-order valence-electron chi connectivity index (χ3n) is 6.41. The average Bonchev–Trinajstić information content (AvgIpc) is 2.78. The van der Waals surface area contributed by atoms with Crippen molar-refractivity contribution < 1.29 is 14.4 Å². The summed E-state index contributed by atoms with van der Waals surface area (Å²) >= 11 is 0. The fourth-order valence-corrected chi connectivity index (χ4v) is 4.77. The van der Waals surface area contributed by atoms with Gasteiger partial charge in [-0.15, -0.1) is 0 Å². The lowest BCUT2D eigenvalue weighted by molar-refractivity contribution is -0.188. The van der Waals surface area contributed by atoms with E-state index in [4.69, 9.17) is 0 Å². The number of fused-ring (bicyclic) bond motifs is 1. The normalized spacial score (nSPS) is 21.5. The maximum absolute atomic E-state index is 13.4. The lowest BCUT2D eigenvalue weighted by Gasteiger charge is -2.54. The summed E-state index contributed by atoms with van der Waals surface area (Å²) in [4.78, 5) is 43.3. The summed E-state index contributed by atoms with van der Waals surface area (Å²) in [6.07, 6.45) is 4.38. The van der Waals surface area contributed by atoms with Crippen LogP contribution in [0.5, 0.6) is 0 Å². The quantitative estimate of drug-likeness (QED) is 0.579. The third-order valence-corrected chi connectivity index (χ3v) is 6.41. The van der Waals surface area contributed by atoms with Gasteiger partial charge in [-0.25, -0.2) is 14.8 Å². The van der Waals surface area contributed by atoms with Crippen LogP contribution in [0, 0.1) is 5.92 Å². The molecule has 2 heterocycles. The summed E-state index contributed by atoms with van der Waals surface area (Å²) in [5, 5.41) is 6.30. The molecule has 0 spiro atoms. The Bertz CT molecular complexity index is 816. The number of likely N-dealkylation sites (N-methyl/N-ethyl adjacent to an activating group) is 1. The number of hydrogen-bond donors (Lipinski definition) is 1. The Morgan fingerprint density at radius 2 is 1.85 bits per heavy atom. The van der Waals surface area contributed by atoms with Gasteiger partial charge in [0.1, 0.15) is 12.2 Å². The Morgan fingerprint density at radius 1 is 1.12 bits per heavy atom. The van der Waals surface area contributed by atoms with E-state index in [1.807, 2.05) is 35.2 Å². The molecule has 33 heavy (non-hydrogen) atoms. The van der Waals surface area contributed by atoms with Gasteiger partial charge in [-0.1, -0.05) is 70.4 Å². The first kappa shape index (κ1) is 25.0. The minimum atomic E-state index is -0.527. The number of nitrogens with one attached hydrogen (secondary N) is 1. The molecule has 0 bridgehead atoms. The van der Waals surface area contributed by atoms with E-state index in [9.17, 15) is 14.4 Å². The zero-order valence-corrected chi connectivity index (χ0v) is 20.5. The number of unbranched alkanes of at least 4 members (excludes halogenated alkanes) is 3. The van der Waals surface area contributed by atoms with Crippen molar-refractivity contribution in [2.24, 2.45) is 5.92 Å². The molecule has 2 saturated heterocycles. The summed E-state index contributed by atoms with van der Waals surface area (Å²) in [6, 6.07) is 8.96. The summed E-state index contributed by atoms with van der Waals surface area (Å²) in [5.74, 6) is 0.172. The van der Waals surface area contributed by atoms with Gasteiger partial charge < -0.3 is 15.1 Å². The van der Waals surface area contributed by atoms with Crippen LogP contribution in [0.15, 0.2) is 30.3 Å². The second kappa shape index (κ2) is 11.5. The largest absolute Gasteiger partial charge is 0.337 e. The van der Waals surface area contributed by atoms with E-state index < -0.39 is 12.2 Å². The molecular weight excluding hydrogens is 418 g/mol. The molecule has 4 amide bonds. The SMILES string of the molecule is CCCCCCN1C[C@H]2N(C(=O)CN(C)N2C(=O)NCc2ccccc2)[C@@H](CC(C)C)C1=O. The number of benzene rings is 1. The van der Waals surface area contributed by atoms with E-state index >= 15 is 0 Å². The van der Waals surface area contributed by atoms with Gasteiger partial charge in [0.2, 0.25) is 11.8 Å². The summed E-state index contributed by atoms with van der Waals surface area (Å²) < 4.78 is 0. The fraction of sp³-hybridized carbons (Fsp3) is 0.640. The number of amides is 4. The highest BCUT2D eigenvalue weighted by Gasteiger charge is 2.50. The highest BCUT2D eigenvalue weighted by Crippen LogP contribution is 2.29. The number of piperazine rings is 1. The number of hydrazine groups is 1. The van der Waals surface area contributed by atoms with Crippen LogP contribution in [0.1, 0.15) is 58.4 Å². The van der Waals surface area contributed by atoms with Gasteiger partial charge in [-0.05, 0) is 24.3 Å². The van der Waals surface area contributed by atoms with E-state index in [-0.39, 0.29) is 30.3 Å². The van der Waals surface area contributed by atoms with Gasteiger partial charge in [-0.2, -0.15) is 0 Å². The fourth-order valence-electron chi connectivity index (χ4n) is 4.77. The standard InChI is InChI=1S/C25H39N5O3/c1-5-6-7-11-14-28-17-22-29(21(24(28)32)15-19(2)3)23(31)18-27(4)30(22)25(33)26-16-20-12-9-8-10-13-20/h8-10,12-13,19,21-22H,5-7,11,14-18H2,1-4H3,(H,26,33)/t21-,22-/m0/s1. The van der Waals surface area contributed by atoms with Gasteiger partial charge >= 0.3 is 6.03 Å². The van der Waals surface area contributed by atoms with E-state index in [1.54, 1.807) is 22.0 Å². The average molecular weight is 458 g/mol. The highest BCUT2D eigenvalue weighted by atomic mass is 16.2. The predicted octanol–water partition coefficient (Wildman–Crippen LogP) is 3.05. The maximum atomic E-state index is 13.4. The first-order valence-corrected chi connectivity index (χ1v) is 12.3. The molecular formula is C25H39N5O3. The molecule has 0 unspecified atom stereocenters. The number of rotatable bonds is 9. The number of carbonyl (C=O) groups excluding carboxylic acids is 3. The molecule has 0 aliphatic carbocycles. The van der Waals surface area contributed by atoms with Gasteiger partial charge in [0.15, 0.2) is 0 Å². The monoisotopic (exact) mass is 457 g/mol. The lowest BCUT2D eigenvalue weighted by atomic mass is 9.97. The van der Waals surface area contributed by atoms with Crippen LogP contribution in [0.3, 0.4) is 0 Å². The van der Waals surface area contributed by atoms with Crippen LogP contribution in [-0.2, 0) is 16.1 Å². The Balaban J connectivity index is 1.81. The molecule has 1 aromatic carbocycles. The molecule has 182 valence electrons. The summed E-state index contributed by atoms with van der Waals surface area (Å²) in [6.45, 7) is 7.77. The zero-order valence-electron chi connectivity index (χ0n) is 20.5. The topological polar surface area (TPSA) is 76.2 Å². The van der Waals surface area contributed by atoms with Gasteiger partial charge in [0.05, 0.1) is 13.1 Å². The van der Waals surface area contributed by atoms with Crippen molar-refractivity contribution >= 4 is 17.8 Å². The summed E-state index contributed by atoms with van der Waals surface area (Å²) in [7, 11) is 1.76. The molecule has 0 radical (unpaired) electrons. The smallest absolute Gasteiger partial charge is 0.334 e. The molecule has 3 rings (SSSR count). The van der Waals surface area contributed by atoms with E-state index in [0.29, 0.717) is 26.1 Å². The zero-order chi connectivity index (χ0) is 24.0. The van der Waals surface area contributed by atoms with Crippen LogP contribution in [0.25, 0.3) is 0 Å². The van der Waals surface area contributed by atoms with Crippen molar-refractivity contribution in [1.82, 2.24) is 25.1 Å². The Morgan fingerprint density at radius 3 is 2.52 bits per heavy atom. The molecule has 0 aromatic heterocycles. The highest BCUT2D eigenvalue weighted by molar-refractivity contribution is 5.91.